The van der Waals surface area contributed by atoms with Crippen molar-refractivity contribution in [2.45, 2.75) is 98.0 Å². The van der Waals surface area contributed by atoms with Crippen LogP contribution in [0.15, 0.2) is 0 Å². The van der Waals surface area contributed by atoms with Gasteiger partial charge in [0.2, 0.25) is 0 Å². The number of unbranched alkanes of at least 4 members (excludes halogenated alkanes) is 3. The Bertz CT molecular complexity index is 395. The molecule has 0 bridgehead atoms. The minimum Gasteiger partial charge on any atom is -0.481 e. The van der Waals surface area contributed by atoms with E-state index in [-0.39, 0.29) is 23.9 Å². The van der Waals surface area contributed by atoms with Crippen molar-refractivity contribution in [3.8, 4) is 0 Å². The van der Waals surface area contributed by atoms with Gasteiger partial charge in [-0.05, 0) is 50.4 Å². The highest BCUT2D eigenvalue weighted by Gasteiger charge is 2.32. The van der Waals surface area contributed by atoms with Crippen LogP contribution < -0.4 is 0 Å². The van der Waals surface area contributed by atoms with Gasteiger partial charge < -0.3 is 9.84 Å². The number of carbonyl (C=O) groups is 2. The van der Waals surface area contributed by atoms with E-state index in [1.54, 1.807) is 0 Å². The molecule has 1 rings (SSSR count). The SMILES string of the molecule is CC(C)CCCCCCC(OC(=O)C1CCC(C(=O)O)CC1)C(C)C. The first-order valence-corrected chi connectivity index (χ1v) is 10.2. The molecular weight excluding hydrogens is 316 g/mol. The molecule has 146 valence electrons. The number of rotatable bonds is 11. The molecule has 4 nitrogen and oxygen atoms in total. The Morgan fingerprint density at radius 3 is 1.88 bits per heavy atom. The van der Waals surface area contributed by atoms with Crippen molar-refractivity contribution in [1.82, 2.24) is 0 Å². The summed E-state index contributed by atoms with van der Waals surface area (Å²) in [6, 6.07) is 0. The summed E-state index contributed by atoms with van der Waals surface area (Å²) < 4.78 is 5.81. The molecule has 1 aliphatic carbocycles. The van der Waals surface area contributed by atoms with Crippen molar-refractivity contribution >= 4 is 11.9 Å². The predicted molar refractivity (Wildman–Crippen MR) is 100 cm³/mol. The third kappa shape index (κ3) is 8.73. The van der Waals surface area contributed by atoms with E-state index in [1.165, 1.54) is 25.7 Å². The molecule has 0 saturated heterocycles. The summed E-state index contributed by atoms with van der Waals surface area (Å²) in [5.74, 6) is -0.124. The van der Waals surface area contributed by atoms with Gasteiger partial charge in [-0.3, -0.25) is 9.59 Å². The Kier molecular flexibility index (Phi) is 10.1. The molecule has 1 unspecified atom stereocenters. The Balaban J connectivity index is 2.29. The third-order valence-corrected chi connectivity index (χ3v) is 5.44. The highest BCUT2D eigenvalue weighted by atomic mass is 16.5. The highest BCUT2D eigenvalue weighted by Crippen LogP contribution is 2.30. The van der Waals surface area contributed by atoms with E-state index in [2.05, 4.69) is 27.7 Å². The summed E-state index contributed by atoms with van der Waals surface area (Å²) in [7, 11) is 0. The molecule has 0 radical (unpaired) electrons. The second-order valence-electron chi connectivity index (χ2n) is 8.49. The predicted octanol–water partition coefficient (Wildman–Crippen LogP) is 5.44. The van der Waals surface area contributed by atoms with Gasteiger partial charge in [0, 0.05) is 0 Å². The summed E-state index contributed by atoms with van der Waals surface area (Å²) in [5.41, 5.74) is 0. The van der Waals surface area contributed by atoms with Gasteiger partial charge in [-0.15, -0.1) is 0 Å². The number of carbonyl (C=O) groups excluding carboxylic acids is 1. The maximum absolute atomic E-state index is 12.4. The van der Waals surface area contributed by atoms with Crippen LogP contribution in [0, 0.1) is 23.7 Å². The highest BCUT2D eigenvalue weighted by molar-refractivity contribution is 5.74. The van der Waals surface area contributed by atoms with Crippen LogP contribution in [0.4, 0.5) is 0 Å². The van der Waals surface area contributed by atoms with Gasteiger partial charge in [0.25, 0.3) is 0 Å². The second kappa shape index (κ2) is 11.5. The van der Waals surface area contributed by atoms with Crippen LogP contribution >= 0.6 is 0 Å². The van der Waals surface area contributed by atoms with Crippen LogP contribution in [0.25, 0.3) is 0 Å². The number of esters is 1. The maximum atomic E-state index is 12.4. The van der Waals surface area contributed by atoms with Crippen LogP contribution in [-0.2, 0) is 14.3 Å². The summed E-state index contributed by atoms with van der Waals surface area (Å²) in [6.45, 7) is 8.74. The van der Waals surface area contributed by atoms with Gasteiger partial charge in [0.05, 0.1) is 11.8 Å². The number of carboxylic acids is 1. The van der Waals surface area contributed by atoms with E-state index in [1.807, 2.05) is 0 Å². The van der Waals surface area contributed by atoms with Crippen LogP contribution in [-0.4, -0.2) is 23.1 Å². The molecule has 0 aromatic heterocycles. The lowest BCUT2D eigenvalue weighted by Crippen LogP contribution is -2.31. The van der Waals surface area contributed by atoms with E-state index < -0.39 is 5.97 Å². The topological polar surface area (TPSA) is 63.6 Å². The molecule has 1 fully saturated rings. The molecule has 0 aliphatic heterocycles. The minimum absolute atomic E-state index is 0.00482. The molecule has 4 heteroatoms. The van der Waals surface area contributed by atoms with Crippen molar-refractivity contribution in [2.24, 2.45) is 23.7 Å². The number of carboxylic acid groups (broad SMARTS) is 1. The molecule has 0 aromatic carbocycles. The first kappa shape index (κ1) is 22.0. The zero-order chi connectivity index (χ0) is 18.8. The lowest BCUT2D eigenvalue weighted by Gasteiger charge is -2.28. The molecule has 0 amide bonds. The quantitative estimate of drug-likeness (QED) is 0.396. The van der Waals surface area contributed by atoms with Gasteiger partial charge in [-0.1, -0.05) is 53.4 Å². The zero-order valence-corrected chi connectivity index (χ0v) is 16.6. The Morgan fingerprint density at radius 1 is 0.880 bits per heavy atom. The Labute approximate surface area is 153 Å². The fraction of sp³-hybridized carbons (Fsp3) is 0.905. The second-order valence-corrected chi connectivity index (χ2v) is 8.49. The molecule has 0 heterocycles. The van der Waals surface area contributed by atoms with E-state index in [4.69, 9.17) is 9.84 Å². The van der Waals surface area contributed by atoms with Crippen molar-refractivity contribution < 1.29 is 19.4 Å². The van der Waals surface area contributed by atoms with Gasteiger partial charge in [0.1, 0.15) is 6.10 Å². The maximum Gasteiger partial charge on any atom is 0.309 e. The molecule has 1 atom stereocenters. The van der Waals surface area contributed by atoms with Crippen molar-refractivity contribution in [3.63, 3.8) is 0 Å². The van der Waals surface area contributed by atoms with Gasteiger partial charge in [0.15, 0.2) is 0 Å². The molecule has 1 saturated carbocycles. The largest absolute Gasteiger partial charge is 0.481 e. The standard InChI is InChI=1S/C21H38O4/c1-15(2)9-7-5-6-8-10-19(16(3)4)25-21(24)18-13-11-17(12-14-18)20(22)23/h15-19H,5-14H2,1-4H3,(H,22,23). The lowest BCUT2D eigenvalue weighted by atomic mass is 9.82. The number of hydrogen-bond acceptors (Lipinski definition) is 3. The molecule has 0 aromatic rings. The molecule has 0 spiro atoms. The van der Waals surface area contributed by atoms with Crippen molar-refractivity contribution in [3.05, 3.63) is 0 Å². The first-order valence-electron chi connectivity index (χ1n) is 10.2. The van der Waals surface area contributed by atoms with Crippen LogP contribution in [0.1, 0.15) is 91.9 Å². The van der Waals surface area contributed by atoms with E-state index in [0.29, 0.717) is 31.6 Å². The molecule has 1 N–H and O–H groups in total. The summed E-state index contributed by atoms with van der Waals surface area (Å²) in [6.07, 6.45) is 9.58. The van der Waals surface area contributed by atoms with Crippen LogP contribution in [0.2, 0.25) is 0 Å². The Hall–Kier alpha value is -1.06. The summed E-state index contributed by atoms with van der Waals surface area (Å²) in [5, 5.41) is 9.05. The van der Waals surface area contributed by atoms with Crippen LogP contribution in [0.3, 0.4) is 0 Å². The van der Waals surface area contributed by atoms with Gasteiger partial charge >= 0.3 is 11.9 Å². The van der Waals surface area contributed by atoms with Gasteiger partial charge in [-0.25, -0.2) is 0 Å². The summed E-state index contributed by atoms with van der Waals surface area (Å²) >= 11 is 0. The average molecular weight is 355 g/mol. The fourth-order valence-corrected chi connectivity index (χ4v) is 3.60. The normalized spacial score (nSPS) is 22.2. The first-order chi connectivity index (χ1) is 11.8. The smallest absolute Gasteiger partial charge is 0.309 e. The zero-order valence-electron chi connectivity index (χ0n) is 16.6. The summed E-state index contributed by atoms with van der Waals surface area (Å²) in [4.78, 5) is 23.4. The minimum atomic E-state index is -0.732. The van der Waals surface area contributed by atoms with Gasteiger partial charge in [-0.2, -0.15) is 0 Å². The third-order valence-electron chi connectivity index (χ3n) is 5.44. The molecular formula is C21H38O4. The fourth-order valence-electron chi connectivity index (χ4n) is 3.60. The molecule has 1 aliphatic rings. The van der Waals surface area contributed by atoms with Crippen molar-refractivity contribution in [1.29, 1.82) is 0 Å². The monoisotopic (exact) mass is 354 g/mol. The molecule has 25 heavy (non-hydrogen) atoms. The van der Waals surface area contributed by atoms with E-state index in [0.717, 1.165) is 18.8 Å². The van der Waals surface area contributed by atoms with E-state index >= 15 is 0 Å². The number of hydrogen-bond donors (Lipinski definition) is 1. The average Bonchev–Trinajstić information content (AvgIpc) is 2.56. The Morgan fingerprint density at radius 2 is 1.40 bits per heavy atom. The van der Waals surface area contributed by atoms with Crippen LogP contribution in [0.5, 0.6) is 0 Å². The number of ether oxygens (including phenoxy) is 1. The van der Waals surface area contributed by atoms with Crippen molar-refractivity contribution in [2.75, 3.05) is 0 Å². The number of aliphatic carboxylic acids is 1. The lowest BCUT2D eigenvalue weighted by molar-refractivity contribution is -0.159. The van der Waals surface area contributed by atoms with E-state index in [9.17, 15) is 9.59 Å².